The van der Waals surface area contributed by atoms with Gasteiger partial charge in [-0.05, 0) is 18.6 Å². The van der Waals surface area contributed by atoms with E-state index in [1.165, 1.54) is 7.11 Å². The maximum absolute atomic E-state index is 11.4. The Balaban J connectivity index is 2.79. The van der Waals surface area contributed by atoms with E-state index < -0.39 is 0 Å². The SMILES string of the molecule is CCCC(=O)Oc1ccc(OCC=O)cc1OC. The minimum absolute atomic E-state index is 0.0296. The smallest absolute Gasteiger partial charge is 0.311 e. The first kappa shape index (κ1) is 14.0. The zero-order chi connectivity index (χ0) is 13.4. The molecule has 1 aromatic rings. The van der Waals surface area contributed by atoms with Gasteiger partial charge in [-0.2, -0.15) is 0 Å². The Bertz CT molecular complexity index is 414. The third kappa shape index (κ3) is 4.08. The van der Waals surface area contributed by atoms with Crippen molar-refractivity contribution in [2.45, 2.75) is 19.8 Å². The summed E-state index contributed by atoms with van der Waals surface area (Å²) in [4.78, 5) is 21.6. The van der Waals surface area contributed by atoms with Crippen LogP contribution < -0.4 is 14.2 Å². The standard InChI is InChI=1S/C13H16O5/c1-3-4-13(15)18-11-6-5-10(17-8-7-14)9-12(11)16-2/h5-7,9H,3-4,8H2,1-2H3. The zero-order valence-corrected chi connectivity index (χ0v) is 10.5. The molecule has 1 aromatic carbocycles. The molecule has 0 radical (unpaired) electrons. The molecule has 0 spiro atoms. The molecule has 0 saturated heterocycles. The molecule has 0 heterocycles. The van der Waals surface area contributed by atoms with Crippen LogP contribution in [-0.2, 0) is 9.59 Å². The van der Waals surface area contributed by atoms with Crippen molar-refractivity contribution in [3.05, 3.63) is 18.2 Å². The lowest BCUT2D eigenvalue weighted by molar-refractivity contribution is -0.134. The van der Waals surface area contributed by atoms with E-state index in [0.717, 1.165) is 6.42 Å². The molecule has 0 N–H and O–H groups in total. The van der Waals surface area contributed by atoms with Crippen LogP contribution in [0.25, 0.3) is 0 Å². The molecule has 0 atom stereocenters. The number of benzene rings is 1. The van der Waals surface area contributed by atoms with Crippen LogP contribution in [0.1, 0.15) is 19.8 Å². The molecule has 1 rings (SSSR count). The van der Waals surface area contributed by atoms with Gasteiger partial charge >= 0.3 is 5.97 Å². The topological polar surface area (TPSA) is 61.8 Å². The first-order chi connectivity index (χ1) is 8.71. The average Bonchev–Trinajstić information content (AvgIpc) is 2.37. The lowest BCUT2D eigenvalue weighted by Crippen LogP contribution is -2.08. The Labute approximate surface area is 106 Å². The normalized spacial score (nSPS) is 9.67. The molecule has 0 bridgehead atoms. The quantitative estimate of drug-likeness (QED) is 0.422. The van der Waals surface area contributed by atoms with Crippen molar-refractivity contribution in [2.75, 3.05) is 13.7 Å². The summed E-state index contributed by atoms with van der Waals surface area (Å²) in [6, 6.07) is 4.76. The number of hydrogen-bond donors (Lipinski definition) is 0. The van der Waals surface area contributed by atoms with Gasteiger partial charge in [-0.3, -0.25) is 9.59 Å². The Morgan fingerprint density at radius 3 is 2.72 bits per heavy atom. The van der Waals surface area contributed by atoms with Crippen LogP contribution >= 0.6 is 0 Å². The highest BCUT2D eigenvalue weighted by atomic mass is 16.6. The van der Waals surface area contributed by atoms with Crippen LogP contribution in [-0.4, -0.2) is 26.0 Å². The highest BCUT2D eigenvalue weighted by molar-refractivity contribution is 5.73. The largest absolute Gasteiger partial charge is 0.493 e. The van der Waals surface area contributed by atoms with Gasteiger partial charge in [0.15, 0.2) is 17.8 Å². The Kier molecular flexibility index (Phi) is 5.70. The fraction of sp³-hybridized carbons (Fsp3) is 0.385. The molecule has 0 aromatic heterocycles. The number of esters is 1. The van der Waals surface area contributed by atoms with Gasteiger partial charge in [-0.1, -0.05) is 6.92 Å². The highest BCUT2D eigenvalue weighted by Crippen LogP contribution is 2.31. The summed E-state index contributed by atoms with van der Waals surface area (Å²) < 4.78 is 15.4. The second-order valence-electron chi connectivity index (χ2n) is 3.51. The number of rotatable bonds is 7. The molecule has 0 fully saturated rings. The van der Waals surface area contributed by atoms with E-state index in [2.05, 4.69) is 0 Å². The average molecular weight is 252 g/mol. The summed E-state index contributed by atoms with van der Waals surface area (Å²) in [5.41, 5.74) is 0. The van der Waals surface area contributed by atoms with Crippen molar-refractivity contribution in [3.8, 4) is 17.2 Å². The lowest BCUT2D eigenvalue weighted by atomic mass is 10.3. The third-order valence-corrected chi connectivity index (χ3v) is 2.13. The molecule has 0 aliphatic carbocycles. The fourth-order valence-electron chi connectivity index (χ4n) is 1.33. The second kappa shape index (κ2) is 7.32. The minimum Gasteiger partial charge on any atom is -0.493 e. The van der Waals surface area contributed by atoms with Crippen molar-refractivity contribution >= 4 is 12.3 Å². The van der Waals surface area contributed by atoms with E-state index in [0.29, 0.717) is 30.0 Å². The maximum atomic E-state index is 11.4. The van der Waals surface area contributed by atoms with E-state index in [1.54, 1.807) is 18.2 Å². The molecule has 5 heteroatoms. The lowest BCUT2D eigenvalue weighted by Gasteiger charge is -2.10. The van der Waals surface area contributed by atoms with Crippen molar-refractivity contribution < 1.29 is 23.8 Å². The number of carbonyl (C=O) groups excluding carboxylic acids is 2. The molecular weight excluding hydrogens is 236 g/mol. The summed E-state index contributed by atoms with van der Waals surface area (Å²) in [5, 5.41) is 0. The van der Waals surface area contributed by atoms with Crippen molar-refractivity contribution in [1.29, 1.82) is 0 Å². The number of hydrogen-bond acceptors (Lipinski definition) is 5. The molecule has 0 unspecified atom stereocenters. The fourth-order valence-corrected chi connectivity index (χ4v) is 1.33. The first-order valence-electron chi connectivity index (χ1n) is 5.66. The Morgan fingerprint density at radius 2 is 2.11 bits per heavy atom. The molecule has 5 nitrogen and oxygen atoms in total. The van der Waals surface area contributed by atoms with E-state index in [-0.39, 0.29) is 12.6 Å². The van der Waals surface area contributed by atoms with Gasteiger partial charge in [0.25, 0.3) is 0 Å². The van der Waals surface area contributed by atoms with Crippen molar-refractivity contribution in [3.63, 3.8) is 0 Å². The molecule has 0 aliphatic rings. The second-order valence-corrected chi connectivity index (χ2v) is 3.51. The van der Waals surface area contributed by atoms with E-state index in [9.17, 15) is 9.59 Å². The van der Waals surface area contributed by atoms with Gasteiger partial charge in [-0.25, -0.2) is 0 Å². The van der Waals surface area contributed by atoms with Gasteiger partial charge in [0, 0.05) is 12.5 Å². The van der Waals surface area contributed by atoms with E-state index in [4.69, 9.17) is 14.2 Å². The van der Waals surface area contributed by atoms with Crippen LogP contribution in [0.15, 0.2) is 18.2 Å². The summed E-state index contributed by atoms with van der Waals surface area (Å²) in [6.07, 6.45) is 1.73. The summed E-state index contributed by atoms with van der Waals surface area (Å²) in [6.45, 7) is 1.87. The van der Waals surface area contributed by atoms with Gasteiger partial charge in [0.05, 0.1) is 7.11 Å². The third-order valence-electron chi connectivity index (χ3n) is 2.13. The number of carbonyl (C=O) groups is 2. The van der Waals surface area contributed by atoms with Gasteiger partial charge in [-0.15, -0.1) is 0 Å². The van der Waals surface area contributed by atoms with Gasteiger partial charge in [0.2, 0.25) is 0 Å². The van der Waals surface area contributed by atoms with Crippen LogP contribution in [0, 0.1) is 0 Å². The summed E-state index contributed by atoms with van der Waals surface area (Å²) >= 11 is 0. The molecule has 0 aliphatic heterocycles. The van der Waals surface area contributed by atoms with Crippen LogP contribution in [0.4, 0.5) is 0 Å². The first-order valence-corrected chi connectivity index (χ1v) is 5.66. The van der Waals surface area contributed by atoms with E-state index >= 15 is 0 Å². The number of aldehydes is 1. The van der Waals surface area contributed by atoms with Crippen LogP contribution in [0.3, 0.4) is 0 Å². The minimum atomic E-state index is -0.308. The van der Waals surface area contributed by atoms with Crippen molar-refractivity contribution in [2.24, 2.45) is 0 Å². The number of ether oxygens (including phenoxy) is 3. The molecule has 18 heavy (non-hydrogen) atoms. The number of methoxy groups -OCH3 is 1. The molecule has 0 amide bonds. The summed E-state index contributed by atoms with van der Waals surface area (Å²) in [5.74, 6) is 0.906. The molecule has 98 valence electrons. The maximum Gasteiger partial charge on any atom is 0.311 e. The highest BCUT2D eigenvalue weighted by Gasteiger charge is 2.10. The zero-order valence-electron chi connectivity index (χ0n) is 10.5. The Morgan fingerprint density at radius 1 is 1.33 bits per heavy atom. The predicted molar refractivity (Wildman–Crippen MR) is 65.1 cm³/mol. The predicted octanol–water partition coefficient (Wildman–Crippen LogP) is 1.98. The summed E-state index contributed by atoms with van der Waals surface area (Å²) in [7, 11) is 1.47. The molecular formula is C13H16O5. The van der Waals surface area contributed by atoms with Crippen LogP contribution in [0.2, 0.25) is 0 Å². The Hall–Kier alpha value is -2.04. The van der Waals surface area contributed by atoms with Gasteiger partial charge in [0.1, 0.15) is 12.4 Å². The van der Waals surface area contributed by atoms with Crippen molar-refractivity contribution in [1.82, 2.24) is 0 Å². The van der Waals surface area contributed by atoms with Gasteiger partial charge < -0.3 is 14.2 Å². The van der Waals surface area contributed by atoms with Crippen LogP contribution in [0.5, 0.6) is 17.2 Å². The van der Waals surface area contributed by atoms with E-state index in [1.807, 2.05) is 6.92 Å². The molecule has 0 saturated carbocycles. The monoisotopic (exact) mass is 252 g/mol.